The van der Waals surface area contributed by atoms with Gasteiger partial charge < -0.3 is 0 Å². The minimum Gasteiger partial charge on any atom is -0.251 e. The first kappa shape index (κ1) is 9.96. The second kappa shape index (κ2) is 3.53. The third-order valence-corrected chi connectivity index (χ3v) is 2.74. The first-order chi connectivity index (χ1) is 6.61. The van der Waals surface area contributed by atoms with E-state index in [0.717, 1.165) is 4.42 Å². The van der Waals surface area contributed by atoms with Crippen molar-refractivity contribution in [3.05, 3.63) is 22.7 Å². The Labute approximate surface area is 94.2 Å². The van der Waals surface area contributed by atoms with Gasteiger partial charge in [-0.05, 0) is 0 Å². The molecule has 0 aromatic carbocycles. The SMILES string of the molecule is Fc1c(Cl)ncc2c1N(Cl)C(Cl)N=C2. The molecule has 1 aliphatic rings. The molecule has 1 unspecified atom stereocenters. The summed E-state index contributed by atoms with van der Waals surface area (Å²) in [5.41, 5.74) is -0.294. The maximum atomic E-state index is 13.5. The number of pyridine rings is 1. The Hall–Kier alpha value is -0.580. The normalized spacial score (nSPS) is 19.7. The molecule has 0 bridgehead atoms. The zero-order valence-corrected chi connectivity index (χ0v) is 8.85. The summed E-state index contributed by atoms with van der Waals surface area (Å²) in [6, 6.07) is 0. The van der Waals surface area contributed by atoms with E-state index in [-0.39, 0.29) is 10.8 Å². The van der Waals surface area contributed by atoms with Crippen molar-refractivity contribution < 1.29 is 4.39 Å². The first-order valence-corrected chi connectivity index (χ1v) is 4.73. The van der Waals surface area contributed by atoms with E-state index in [4.69, 9.17) is 35.0 Å². The number of aliphatic imine (C=N–C) groups is 1. The van der Waals surface area contributed by atoms with Gasteiger partial charge >= 0.3 is 0 Å². The van der Waals surface area contributed by atoms with Gasteiger partial charge in [0.15, 0.2) is 11.0 Å². The Kier molecular flexibility index (Phi) is 2.51. The average molecular weight is 254 g/mol. The van der Waals surface area contributed by atoms with Crippen LogP contribution in [0.5, 0.6) is 0 Å². The van der Waals surface area contributed by atoms with Crippen molar-refractivity contribution in [3.63, 3.8) is 0 Å². The number of hydrogen-bond donors (Lipinski definition) is 0. The van der Waals surface area contributed by atoms with Gasteiger partial charge in [-0.1, -0.05) is 23.2 Å². The zero-order chi connectivity index (χ0) is 10.3. The Morgan fingerprint density at radius 2 is 2.21 bits per heavy atom. The molecule has 14 heavy (non-hydrogen) atoms. The topological polar surface area (TPSA) is 28.5 Å². The monoisotopic (exact) mass is 253 g/mol. The molecular formula is C7H3Cl3FN3. The number of hydrogen-bond acceptors (Lipinski definition) is 3. The van der Waals surface area contributed by atoms with Crippen molar-refractivity contribution in [1.82, 2.24) is 4.98 Å². The van der Waals surface area contributed by atoms with Gasteiger partial charge in [-0.25, -0.2) is 13.8 Å². The summed E-state index contributed by atoms with van der Waals surface area (Å²) in [7, 11) is 0. The van der Waals surface area contributed by atoms with Crippen molar-refractivity contribution in [2.24, 2.45) is 4.99 Å². The molecule has 0 saturated carbocycles. The second-order valence-electron chi connectivity index (χ2n) is 2.57. The van der Waals surface area contributed by atoms with Gasteiger partial charge in [0.1, 0.15) is 5.69 Å². The number of rotatable bonds is 0. The molecule has 0 fully saturated rings. The Bertz CT molecular complexity index is 409. The maximum Gasteiger partial charge on any atom is 0.211 e. The van der Waals surface area contributed by atoms with Crippen molar-refractivity contribution in [1.29, 1.82) is 0 Å². The summed E-state index contributed by atoms with van der Waals surface area (Å²) < 4.78 is 14.4. The molecule has 1 aromatic rings. The summed E-state index contributed by atoms with van der Waals surface area (Å²) >= 11 is 16.9. The van der Waals surface area contributed by atoms with E-state index in [9.17, 15) is 4.39 Å². The van der Waals surface area contributed by atoms with Gasteiger partial charge in [0.05, 0.1) is 0 Å². The molecule has 7 heteroatoms. The molecule has 1 aromatic heterocycles. The number of fused-ring (bicyclic) bond motifs is 1. The van der Waals surface area contributed by atoms with E-state index in [1.165, 1.54) is 12.4 Å². The van der Waals surface area contributed by atoms with Crippen LogP contribution in [0.1, 0.15) is 5.56 Å². The molecule has 74 valence electrons. The van der Waals surface area contributed by atoms with Crippen LogP contribution in [0.25, 0.3) is 0 Å². The van der Waals surface area contributed by atoms with Crippen molar-refractivity contribution in [2.75, 3.05) is 4.42 Å². The molecule has 0 aliphatic carbocycles. The van der Waals surface area contributed by atoms with Crippen LogP contribution in [-0.4, -0.2) is 16.8 Å². The van der Waals surface area contributed by atoms with E-state index in [1.807, 2.05) is 0 Å². The van der Waals surface area contributed by atoms with Crippen LogP contribution < -0.4 is 4.42 Å². The third kappa shape index (κ3) is 1.43. The number of anilines is 1. The predicted octanol–water partition coefficient (Wildman–Crippen LogP) is 2.79. The molecule has 0 amide bonds. The van der Waals surface area contributed by atoms with E-state index < -0.39 is 11.4 Å². The van der Waals surface area contributed by atoms with Gasteiger partial charge in [0.25, 0.3) is 0 Å². The lowest BCUT2D eigenvalue weighted by Crippen LogP contribution is -2.25. The lowest BCUT2D eigenvalue weighted by Gasteiger charge is -2.24. The van der Waals surface area contributed by atoms with Gasteiger partial charge in [0.2, 0.25) is 5.62 Å². The lowest BCUT2D eigenvalue weighted by molar-refractivity contribution is 0.619. The minimum atomic E-state index is -0.836. The highest BCUT2D eigenvalue weighted by molar-refractivity contribution is 6.35. The molecule has 0 saturated heterocycles. The first-order valence-electron chi connectivity index (χ1n) is 3.57. The standard InChI is InChI=1S/C7H3Cl3FN3/c8-6-4(11)5-3(1-12-6)2-13-7(9)14(5)10/h1-2,7H. The fraction of sp³-hybridized carbons (Fsp3) is 0.143. The molecule has 0 N–H and O–H groups in total. The summed E-state index contributed by atoms with van der Waals surface area (Å²) in [5.74, 6) is -0.698. The van der Waals surface area contributed by atoms with Crippen LogP contribution in [-0.2, 0) is 0 Å². The van der Waals surface area contributed by atoms with Gasteiger partial charge in [-0.2, -0.15) is 0 Å². The molecule has 1 aliphatic heterocycles. The highest BCUT2D eigenvalue weighted by atomic mass is 35.5. The van der Waals surface area contributed by atoms with Crippen LogP contribution in [0.4, 0.5) is 10.1 Å². The van der Waals surface area contributed by atoms with Crippen LogP contribution in [0.15, 0.2) is 11.2 Å². The summed E-state index contributed by atoms with van der Waals surface area (Å²) in [4.78, 5) is 7.43. The summed E-state index contributed by atoms with van der Waals surface area (Å²) in [6.07, 6.45) is 2.78. The van der Waals surface area contributed by atoms with E-state index in [1.54, 1.807) is 0 Å². The van der Waals surface area contributed by atoms with Gasteiger partial charge in [-0.15, -0.1) is 0 Å². The average Bonchev–Trinajstić information content (AvgIpc) is 2.17. The second-order valence-corrected chi connectivity index (χ2v) is 3.68. The van der Waals surface area contributed by atoms with Crippen LogP contribution in [0, 0.1) is 5.82 Å². The van der Waals surface area contributed by atoms with Crippen LogP contribution in [0.2, 0.25) is 5.15 Å². The molecule has 2 heterocycles. The van der Waals surface area contributed by atoms with Gasteiger partial charge in [-0.3, -0.25) is 4.99 Å². The molecule has 2 rings (SSSR count). The smallest absolute Gasteiger partial charge is 0.211 e. The lowest BCUT2D eigenvalue weighted by atomic mass is 10.2. The Balaban J connectivity index is 2.64. The fourth-order valence-electron chi connectivity index (χ4n) is 1.09. The van der Waals surface area contributed by atoms with Crippen molar-refractivity contribution >= 4 is 46.9 Å². The number of halogens is 4. The number of alkyl halides is 1. The largest absolute Gasteiger partial charge is 0.251 e. The highest BCUT2D eigenvalue weighted by Gasteiger charge is 2.25. The highest BCUT2D eigenvalue weighted by Crippen LogP contribution is 2.33. The van der Waals surface area contributed by atoms with E-state index in [2.05, 4.69) is 9.98 Å². The van der Waals surface area contributed by atoms with Crippen LogP contribution >= 0.6 is 35.0 Å². The Morgan fingerprint density at radius 1 is 1.50 bits per heavy atom. The van der Waals surface area contributed by atoms with Crippen molar-refractivity contribution in [3.8, 4) is 0 Å². The molecule has 0 radical (unpaired) electrons. The fourth-order valence-corrected chi connectivity index (χ4v) is 1.60. The Morgan fingerprint density at radius 3 is 2.93 bits per heavy atom. The molecule has 0 spiro atoms. The minimum absolute atomic E-state index is 0.0988. The number of nitrogens with zero attached hydrogens (tertiary/aromatic N) is 3. The molecular weight excluding hydrogens is 251 g/mol. The molecule has 3 nitrogen and oxygen atoms in total. The quantitative estimate of drug-likeness (QED) is 0.308. The third-order valence-electron chi connectivity index (χ3n) is 1.72. The summed E-state index contributed by atoms with van der Waals surface area (Å²) in [6.45, 7) is 0. The molecule has 1 atom stereocenters. The van der Waals surface area contributed by atoms with Gasteiger partial charge in [0, 0.05) is 29.8 Å². The maximum absolute atomic E-state index is 13.5. The van der Waals surface area contributed by atoms with E-state index in [0.29, 0.717) is 5.56 Å². The summed E-state index contributed by atoms with van der Waals surface area (Å²) in [5, 5.41) is -0.242. The number of aromatic nitrogens is 1. The van der Waals surface area contributed by atoms with Crippen LogP contribution in [0.3, 0.4) is 0 Å². The van der Waals surface area contributed by atoms with E-state index >= 15 is 0 Å². The predicted molar refractivity (Wildman–Crippen MR) is 54.8 cm³/mol. The van der Waals surface area contributed by atoms with Crippen molar-refractivity contribution in [2.45, 2.75) is 5.62 Å². The zero-order valence-electron chi connectivity index (χ0n) is 6.59.